The number of ether oxygens (including phenoxy) is 1. The van der Waals surface area contributed by atoms with Gasteiger partial charge in [0.05, 0.1) is 35.2 Å². The zero-order valence-corrected chi connectivity index (χ0v) is 23.1. The van der Waals surface area contributed by atoms with Gasteiger partial charge in [-0.05, 0) is 49.2 Å². The van der Waals surface area contributed by atoms with Gasteiger partial charge in [-0.1, -0.05) is 35.3 Å². The van der Waals surface area contributed by atoms with E-state index in [1.165, 1.54) is 22.0 Å². The molecule has 13 heteroatoms. The standard InChI is InChI=1S/C26H24Cl2N4O6S/c1-16-20(26(28)31(29-16)19-10-12-39(35,36)15-19)8-9-25(34)38-14-24(33)32-22(23-3-2-11-37-23)13-21(30-32)17-4-6-18(27)7-5-17/h2-9,11,19,22H,10,12-15H2,1H3/b9-8+. The average molecular weight is 591 g/mol. The van der Waals surface area contributed by atoms with Gasteiger partial charge in [-0.25, -0.2) is 22.9 Å². The molecule has 2 unspecified atom stereocenters. The summed E-state index contributed by atoms with van der Waals surface area (Å²) in [5.74, 6) is -0.669. The Bertz CT molecular complexity index is 1560. The van der Waals surface area contributed by atoms with Gasteiger partial charge >= 0.3 is 5.97 Å². The third kappa shape index (κ3) is 5.95. The number of rotatable bonds is 7. The van der Waals surface area contributed by atoms with Crippen molar-refractivity contribution in [1.82, 2.24) is 14.8 Å². The van der Waals surface area contributed by atoms with Crippen molar-refractivity contribution in [3.63, 3.8) is 0 Å². The summed E-state index contributed by atoms with van der Waals surface area (Å²) in [4.78, 5) is 25.5. The van der Waals surface area contributed by atoms with E-state index in [1.807, 2.05) is 12.1 Å². The third-order valence-corrected chi connectivity index (χ3v) is 8.94. The molecule has 1 saturated heterocycles. The quantitative estimate of drug-likeness (QED) is 0.295. The van der Waals surface area contributed by atoms with Crippen LogP contribution in [0.2, 0.25) is 10.2 Å². The third-order valence-electron chi connectivity index (χ3n) is 6.56. The highest BCUT2D eigenvalue weighted by Crippen LogP contribution is 2.34. The summed E-state index contributed by atoms with van der Waals surface area (Å²) in [7, 11) is -3.12. The average Bonchev–Trinajstić information content (AvgIpc) is 3.69. The van der Waals surface area contributed by atoms with Gasteiger partial charge in [0.25, 0.3) is 5.91 Å². The van der Waals surface area contributed by atoms with E-state index in [1.54, 1.807) is 31.2 Å². The minimum Gasteiger partial charge on any atom is -0.467 e. The van der Waals surface area contributed by atoms with Crippen LogP contribution in [0.25, 0.3) is 6.08 Å². The van der Waals surface area contributed by atoms with Gasteiger partial charge in [-0.2, -0.15) is 10.2 Å². The number of sulfone groups is 1. The van der Waals surface area contributed by atoms with Gasteiger partial charge in [0.1, 0.15) is 17.0 Å². The molecule has 0 spiro atoms. The molecule has 4 heterocycles. The Hall–Kier alpha value is -3.41. The summed E-state index contributed by atoms with van der Waals surface area (Å²) in [6, 6.07) is 9.77. The molecule has 0 bridgehead atoms. The van der Waals surface area contributed by atoms with Gasteiger partial charge in [-0.3, -0.25) is 4.79 Å². The van der Waals surface area contributed by atoms with Crippen LogP contribution >= 0.6 is 23.2 Å². The van der Waals surface area contributed by atoms with Crippen LogP contribution in [0.1, 0.15) is 47.5 Å². The van der Waals surface area contributed by atoms with Gasteiger partial charge in [0, 0.05) is 23.1 Å². The van der Waals surface area contributed by atoms with E-state index in [-0.39, 0.29) is 22.7 Å². The summed E-state index contributed by atoms with van der Waals surface area (Å²) >= 11 is 12.4. The number of nitrogens with zero attached hydrogens (tertiary/aromatic N) is 4. The number of esters is 1. The van der Waals surface area contributed by atoms with Gasteiger partial charge < -0.3 is 9.15 Å². The predicted octanol–water partition coefficient (Wildman–Crippen LogP) is 4.39. The van der Waals surface area contributed by atoms with Crippen LogP contribution in [-0.4, -0.2) is 58.9 Å². The van der Waals surface area contributed by atoms with Crippen molar-refractivity contribution in [2.75, 3.05) is 18.1 Å². The number of halogens is 2. The number of carbonyl (C=O) groups excluding carboxylic acids is 2. The minimum atomic E-state index is -3.12. The topological polar surface area (TPSA) is 124 Å². The summed E-state index contributed by atoms with van der Waals surface area (Å²) < 4.78 is 35.9. The van der Waals surface area contributed by atoms with Crippen molar-refractivity contribution in [1.29, 1.82) is 0 Å². The molecule has 39 heavy (non-hydrogen) atoms. The lowest BCUT2D eigenvalue weighted by Crippen LogP contribution is -2.31. The molecular formula is C26H24Cl2N4O6S. The maximum atomic E-state index is 13.0. The molecule has 2 aliphatic rings. The van der Waals surface area contributed by atoms with Gasteiger partial charge in [0.2, 0.25) is 0 Å². The van der Waals surface area contributed by atoms with E-state index in [9.17, 15) is 18.0 Å². The Kier molecular flexibility index (Phi) is 7.66. The number of hydrogen-bond acceptors (Lipinski definition) is 8. The smallest absolute Gasteiger partial charge is 0.331 e. The molecule has 0 N–H and O–H groups in total. The van der Waals surface area contributed by atoms with E-state index in [2.05, 4.69) is 10.2 Å². The van der Waals surface area contributed by atoms with Crippen molar-refractivity contribution in [3.05, 3.63) is 81.5 Å². The first-order chi connectivity index (χ1) is 18.6. The van der Waals surface area contributed by atoms with Crippen LogP contribution in [0.3, 0.4) is 0 Å². The molecule has 2 atom stereocenters. The fourth-order valence-electron chi connectivity index (χ4n) is 4.59. The van der Waals surface area contributed by atoms with Crippen molar-refractivity contribution < 1.29 is 27.2 Å². The van der Waals surface area contributed by atoms with Gasteiger partial charge in [0.15, 0.2) is 16.4 Å². The molecule has 3 aromatic rings. The Morgan fingerprint density at radius 2 is 1.97 bits per heavy atom. The van der Waals surface area contributed by atoms with Crippen molar-refractivity contribution in [2.24, 2.45) is 5.10 Å². The van der Waals surface area contributed by atoms with Crippen LogP contribution in [-0.2, 0) is 24.2 Å². The zero-order valence-electron chi connectivity index (χ0n) is 20.8. The van der Waals surface area contributed by atoms with E-state index >= 15 is 0 Å². The van der Waals surface area contributed by atoms with E-state index in [0.717, 1.165) is 11.6 Å². The molecule has 0 aliphatic carbocycles. The van der Waals surface area contributed by atoms with E-state index in [4.69, 9.17) is 32.4 Å². The number of amides is 1. The molecular weight excluding hydrogens is 567 g/mol. The first kappa shape index (κ1) is 27.2. The highest BCUT2D eigenvalue weighted by Gasteiger charge is 2.35. The molecule has 1 fully saturated rings. The highest BCUT2D eigenvalue weighted by atomic mass is 35.5. The van der Waals surface area contributed by atoms with Crippen molar-refractivity contribution >= 4 is 56.7 Å². The highest BCUT2D eigenvalue weighted by molar-refractivity contribution is 7.91. The number of hydrogen-bond donors (Lipinski definition) is 0. The van der Waals surface area contributed by atoms with Crippen LogP contribution in [0.4, 0.5) is 0 Å². The van der Waals surface area contributed by atoms with E-state index < -0.39 is 34.4 Å². The normalized spacial score (nSPS) is 20.5. The fourth-order valence-corrected chi connectivity index (χ4v) is 6.78. The molecule has 2 aliphatic heterocycles. The monoisotopic (exact) mass is 590 g/mol. The first-order valence-electron chi connectivity index (χ1n) is 12.1. The second kappa shape index (κ2) is 11.0. The number of carbonyl (C=O) groups is 2. The number of furan rings is 1. The lowest BCUT2D eigenvalue weighted by Gasteiger charge is -2.19. The zero-order chi connectivity index (χ0) is 27.7. The SMILES string of the molecule is Cc1nn(C2CCS(=O)(=O)C2)c(Cl)c1/C=C/C(=O)OCC(=O)N1N=C(c2ccc(Cl)cc2)CC1c1ccco1. The number of aromatic nitrogens is 2. The Balaban J connectivity index is 1.25. The molecule has 204 valence electrons. The van der Waals surface area contributed by atoms with E-state index in [0.29, 0.717) is 40.6 Å². The molecule has 0 radical (unpaired) electrons. The number of benzene rings is 1. The summed E-state index contributed by atoms with van der Waals surface area (Å²) in [6.07, 6.45) is 4.95. The Labute approximate surface area is 234 Å². The maximum absolute atomic E-state index is 13.0. The van der Waals surface area contributed by atoms with Crippen LogP contribution in [0.5, 0.6) is 0 Å². The largest absolute Gasteiger partial charge is 0.467 e. The van der Waals surface area contributed by atoms with Gasteiger partial charge in [-0.15, -0.1) is 0 Å². The van der Waals surface area contributed by atoms with Crippen molar-refractivity contribution in [2.45, 2.75) is 31.8 Å². The molecule has 2 aromatic heterocycles. The lowest BCUT2D eigenvalue weighted by atomic mass is 10.0. The van der Waals surface area contributed by atoms with Crippen LogP contribution in [0, 0.1) is 6.92 Å². The fraction of sp³-hybridized carbons (Fsp3) is 0.308. The summed E-state index contributed by atoms with van der Waals surface area (Å²) in [5, 5.41) is 10.9. The molecule has 1 amide bonds. The minimum absolute atomic E-state index is 0.0289. The number of hydrazone groups is 1. The molecule has 0 saturated carbocycles. The first-order valence-corrected chi connectivity index (χ1v) is 14.7. The van der Waals surface area contributed by atoms with Crippen LogP contribution < -0.4 is 0 Å². The predicted molar refractivity (Wildman–Crippen MR) is 145 cm³/mol. The summed E-state index contributed by atoms with van der Waals surface area (Å²) in [5.41, 5.74) is 2.49. The lowest BCUT2D eigenvalue weighted by molar-refractivity contribution is -0.149. The Morgan fingerprint density at radius 1 is 1.21 bits per heavy atom. The second-order valence-electron chi connectivity index (χ2n) is 9.26. The molecule has 10 nitrogen and oxygen atoms in total. The second-order valence-corrected chi connectivity index (χ2v) is 12.3. The number of aryl methyl sites for hydroxylation is 1. The Morgan fingerprint density at radius 3 is 2.64 bits per heavy atom. The maximum Gasteiger partial charge on any atom is 0.331 e. The molecule has 1 aromatic carbocycles. The summed E-state index contributed by atoms with van der Waals surface area (Å²) in [6.45, 7) is 1.17. The van der Waals surface area contributed by atoms with Crippen LogP contribution in [0.15, 0.2) is 58.3 Å². The van der Waals surface area contributed by atoms with Crippen molar-refractivity contribution in [3.8, 4) is 0 Å². The molecule has 5 rings (SSSR count).